The molecule has 0 bridgehead atoms. The molecule has 1 amide bonds. The third kappa shape index (κ3) is 6.29. The summed E-state index contributed by atoms with van der Waals surface area (Å²) < 4.78 is 0. The first-order chi connectivity index (χ1) is 14.1. The van der Waals surface area contributed by atoms with Gasteiger partial charge in [0.2, 0.25) is 5.91 Å². The molecule has 3 aromatic rings. The van der Waals surface area contributed by atoms with E-state index < -0.39 is 0 Å². The van der Waals surface area contributed by atoms with Crippen LogP contribution in [0.1, 0.15) is 30.7 Å². The zero-order valence-electron chi connectivity index (χ0n) is 17.2. The monoisotopic (exact) mass is 390 g/mol. The van der Waals surface area contributed by atoms with Crippen LogP contribution in [0.25, 0.3) is 0 Å². The smallest absolute Gasteiger partial charge is 0.237 e. The number of benzene rings is 2. The molecule has 1 atom stereocenters. The Hall–Kier alpha value is -2.92. The maximum atomic E-state index is 13.2. The normalized spacial score (nSPS) is 12.3. The molecule has 0 saturated heterocycles. The number of carbonyl (C=O) groups excluding carboxylic acids is 1. The Morgan fingerprint density at radius 3 is 2.07 bits per heavy atom. The maximum Gasteiger partial charge on any atom is 0.237 e. The Morgan fingerprint density at radius 2 is 1.59 bits per heavy atom. The van der Waals surface area contributed by atoms with E-state index in [9.17, 15) is 4.79 Å². The number of hydrogen-bond acceptors (Lipinski definition) is 3. The summed E-state index contributed by atoms with van der Waals surface area (Å²) in [7, 11) is 0. The molecule has 0 aliphatic heterocycles. The number of nitrogens with zero attached hydrogens (tertiary/aromatic N) is 2. The van der Waals surface area contributed by atoms with Crippen LogP contribution in [0.5, 0.6) is 0 Å². The van der Waals surface area contributed by atoms with Crippen LogP contribution in [-0.2, 0) is 24.3 Å². The van der Waals surface area contributed by atoms with Crippen LogP contribution in [-0.4, -0.2) is 33.4 Å². The number of imidazole rings is 1. The predicted molar refractivity (Wildman–Crippen MR) is 116 cm³/mol. The van der Waals surface area contributed by atoms with Crippen molar-refractivity contribution in [2.75, 3.05) is 6.54 Å². The summed E-state index contributed by atoms with van der Waals surface area (Å²) in [5.74, 6) is 0.259. The Balaban J connectivity index is 1.73. The highest BCUT2D eigenvalue weighted by molar-refractivity contribution is 5.82. The molecule has 0 fully saturated rings. The van der Waals surface area contributed by atoms with Gasteiger partial charge in [-0.15, -0.1) is 0 Å². The van der Waals surface area contributed by atoms with Gasteiger partial charge in [0, 0.05) is 32.3 Å². The molecule has 29 heavy (non-hydrogen) atoms. The van der Waals surface area contributed by atoms with E-state index in [2.05, 4.69) is 58.3 Å². The predicted octanol–water partition coefficient (Wildman–Crippen LogP) is 3.80. The molecule has 3 rings (SSSR count). The molecule has 0 aliphatic rings. The van der Waals surface area contributed by atoms with E-state index in [1.807, 2.05) is 42.6 Å². The van der Waals surface area contributed by atoms with Crippen LogP contribution >= 0.6 is 0 Å². The molecule has 0 saturated carbocycles. The lowest BCUT2D eigenvalue weighted by Gasteiger charge is -2.33. The van der Waals surface area contributed by atoms with Crippen LogP contribution in [0.3, 0.4) is 0 Å². The SMILES string of the molecule is CC(C)C(C(=O)NCCc1c[nH]cn1)N(Cc1ccccc1)Cc1ccccc1. The Kier molecular flexibility index (Phi) is 7.59. The highest BCUT2D eigenvalue weighted by Gasteiger charge is 2.29. The van der Waals surface area contributed by atoms with E-state index in [1.165, 1.54) is 11.1 Å². The summed E-state index contributed by atoms with van der Waals surface area (Å²) in [5, 5.41) is 3.12. The van der Waals surface area contributed by atoms with E-state index >= 15 is 0 Å². The first-order valence-corrected chi connectivity index (χ1v) is 10.2. The van der Waals surface area contributed by atoms with Crippen molar-refractivity contribution in [3.8, 4) is 0 Å². The summed E-state index contributed by atoms with van der Waals surface area (Å²) >= 11 is 0. The second-order valence-electron chi connectivity index (χ2n) is 7.67. The fraction of sp³-hybridized carbons (Fsp3) is 0.333. The van der Waals surface area contributed by atoms with Gasteiger partial charge in [0.15, 0.2) is 0 Å². The lowest BCUT2D eigenvalue weighted by molar-refractivity contribution is -0.128. The van der Waals surface area contributed by atoms with Gasteiger partial charge in [-0.1, -0.05) is 74.5 Å². The number of carbonyl (C=O) groups is 1. The topological polar surface area (TPSA) is 61.0 Å². The zero-order valence-corrected chi connectivity index (χ0v) is 17.2. The zero-order chi connectivity index (χ0) is 20.5. The van der Waals surface area contributed by atoms with Gasteiger partial charge >= 0.3 is 0 Å². The molecule has 1 aromatic heterocycles. The molecule has 5 heteroatoms. The fourth-order valence-electron chi connectivity index (χ4n) is 3.62. The number of aromatic amines is 1. The minimum Gasteiger partial charge on any atom is -0.354 e. The van der Waals surface area contributed by atoms with Gasteiger partial charge in [-0.25, -0.2) is 4.98 Å². The molecule has 1 heterocycles. The number of amides is 1. The van der Waals surface area contributed by atoms with Gasteiger partial charge in [-0.3, -0.25) is 9.69 Å². The summed E-state index contributed by atoms with van der Waals surface area (Å²) in [4.78, 5) is 22.6. The molecule has 2 aromatic carbocycles. The second-order valence-corrected chi connectivity index (χ2v) is 7.67. The first kappa shape index (κ1) is 20.8. The molecule has 0 aliphatic carbocycles. The van der Waals surface area contributed by atoms with Crippen LogP contribution < -0.4 is 5.32 Å². The molecule has 152 valence electrons. The van der Waals surface area contributed by atoms with E-state index in [-0.39, 0.29) is 17.9 Å². The highest BCUT2D eigenvalue weighted by Crippen LogP contribution is 2.19. The summed E-state index contributed by atoms with van der Waals surface area (Å²) in [5.41, 5.74) is 3.37. The molecule has 5 nitrogen and oxygen atoms in total. The van der Waals surface area contributed by atoms with Gasteiger partial charge in [0.25, 0.3) is 0 Å². The summed E-state index contributed by atoms with van der Waals surface area (Å²) in [6.07, 6.45) is 4.25. The van der Waals surface area contributed by atoms with E-state index in [4.69, 9.17) is 0 Å². The third-order valence-corrected chi connectivity index (χ3v) is 4.99. The number of nitrogens with one attached hydrogen (secondary N) is 2. The van der Waals surface area contributed by atoms with Crippen molar-refractivity contribution < 1.29 is 4.79 Å². The summed E-state index contributed by atoms with van der Waals surface area (Å²) in [6.45, 7) is 6.26. The average molecular weight is 391 g/mol. The Labute approximate surface area is 173 Å². The number of hydrogen-bond donors (Lipinski definition) is 2. The third-order valence-electron chi connectivity index (χ3n) is 4.99. The van der Waals surface area contributed by atoms with Crippen molar-refractivity contribution in [1.29, 1.82) is 0 Å². The fourth-order valence-corrected chi connectivity index (χ4v) is 3.62. The van der Waals surface area contributed by atoms with Crippen LogP contribution in [0.2, 0.25) is 0 Å². The Bertz CT molecular complexity index is 806. The van der Waals surface area contributed by atoms with Gasteiger partial charge in [-0.05, 0) is 17.0 Å². The lowest BCUT2D eigenvalue weighted by atomic mass is 9.99. The summed E-state index contributed by atoms with van der Waals surface area (Å²) in [6, 6.07) is 20.5. The quantitative estimate of drug-likeness (QED) is 0.554. The van der Waals surface area contributed by atoms with Crippen molar-refractivity contribution in [2.45, 2.75) is 39.4 Å². The molecule has 0 spiro atoms. The number of H-pyrrole nitrogens is 1. The highest BCUT2D eigenvalue weighted by atomic mass is 16.2. The molecule has 1 unspecified atom stereocenters. The van der Waals surface area contributed by atoms with Crippen molar-refractivity contribution in [2.24, 2.45) is 5.92 Å². The molecule has 2 N–H and O–H groups in total. The van der Waals surface area contributed by atoms with Gasteiger partial charge in [0.05, 0.1) is 18.1 Å². The van der Waals surface area contributed by atoms with Gasteiger partial charge in [0.1, 0.15) is 0 Å². The molecular weight excluding hydrogens is 360 g/mol. The van der Waals surface area contributed by atoms with Crippen LogP contribution in [0, 0.1) is 5.92 Å². The standard InChI is InChI=1S/C24H30N4O/c1-19(2)23(24(29)26-14-13-22-15-25-18-27-22)28(16-20-9-5-3-6-10-20)17-21-11-7-4-8-12-21/h3-12,15,18-19,23H,13-14,16-17H2,1-2H3,(H,25,27)(H,26,29). The van der Waals surface area contributed by atoms with Crippen molar-refractivity contribution >= 4 is 5.91 Å². The first-order valence-electron chi connectivity index (χ1n) is 10.2. The number of aromatic nitrogens is 2. The minimum absolute atomic E-state index is 0.0717. The largest absolute Gasteiger partial charge is 0.354 e. The lowest BCUT2D eigenvalue weighted by Crippen LogP contribution is -2.49. The molecular formula is C24H30N4O. The van der Waals surface area contributed by atoms with Gasteiger partial charge in [-0.2, -0.15) is 0 Å². The van der Waals surface area contributed by atoms with Crippen LogP contribution in [0.4, 0.5) is 0 Å². The average Bonchev–Trinajstić information content (AvgIpc) is 3.23. The van der Waals surface area contributed by atoms with E-state index in [1.54, 1.807) is 6.33 Å². The maximum absolute atomic E-state index is 13.2. The van der Waals surface area contributed by atoms with E-state index in [0.29, 0.717) is 6.54 Å². The molecule has 0 radical (unpaired) electrons. The van der Waals surface area contributed by atoms with Gasteiger partial charge < -0.3 is 10.3 Å². The number of rotatable bonds is 10. The Morgan fingerprint density at radius 1 is 1.00 bits per heavy atom. The van der Waals surface area contributed by atoms with Crippen molar-refractivity contribution in [3.63, 3.8) is 0 Å². The van der Waals surface area contributed by atoms with Crippen molar-refractivity contribution in [3.05, 3.63) is 90.0 Å². The second kappa shape index (κ2) is 10.6. The minimum atomic E-state index is -0.213. The van der Waals surface area contributed by atoms with Crippen molar-refractivity contribution in [1.82, 2.24) is 20.2 Å². The van der Waals surface area contributed by atoms with Crippen LogP contribution in [0.15, 0.2) is 73.2 Å². The van der Waals surface area contributed by atoms with E-state index in [0.717, 1.165) is 25.2 Å².